The molecule has 1 aromatic rings. The fourth-order valence-electron chi connectivity index (χ4n) is 1.42. The maximum atomic E-state index is 11.4. The number of H-pyrrole nitrogens is 1. The van der Waals surface area contributed by atoms with E-state index in [9.17, 15) is 4.79 Å². The molecule has 0 aliphatic carbocycles. The van der Waals surface area contributed by atoms with Crippen molar-refractivity contribution in [1.82, 2.24) is 9.97 Å². The van der Waals surface area contributed by atoms with E-state index in [1.165, 1.54) is 0 Å². The Kier molecular flexibility index (Phi) is 1.88. The second-order valence-electron chi connectivity index (χ2n) is 3.00. The molecule has 0 saturated heterocycles. The van der Waals surface area contributed by atoms with Crippen molar-refractivity contribution in [2.45, 2.75) is 0 Å². The number of nitrogens with zero attached hydrogens (tertiary/aromatic N) is 2. The van der Waals surface area contributed by atoms with Crippen LogP contribution in [0, 0.1) is 0 Å². The van der Waals surface area contributed by atoms with Crippen molar-refractivity contribution < 1.29 is 0 Å². The second kappa shape index (κ2) is 3.06. The average Bonchev–Trinajstić information content (AvgIpc) is 2.49. The SMILES string of the molecule is C=CCN1CNc2c1nc(N)[nH]c2=O. The summed E-state index contributed by atoms with van der Waals surface area (Å²) in [5.74, 6) is 0.720. The highest BCUT2D eigenvalue weighted by atomic mass is 16.1. The predicted octanol–water partition coefficient (Wildman–Crippen LogP) is -0.273. The van der Waals surface area contributed by atoms with Crippen LogP contribution in [0.5, 0.6) is 0 Å². The first-order chi connectivity index (χ1) is 6.72. The zero-order valence-corrected chi connectivity index (χ0v) is 7.58. The summed E-state index contributed by atoms with van der Waals surface area (Å²) in [6.07, 6.45) is 1.75. The summed E-state index contributed by atoms with van der Waals surface area (Å²) in [6, 6.07) is 0. The van der Waals surface area contributed by atoms with E-state index in [2.05, 4.69) is 21.9 Å². The number of hydrogen-bond acceptors (Lipinski definition) is 5. The van der Waals surface area contributed by atoms with Gasteiger partial charge in [-0.05, 0) is 0 Å². The molecule has 1 aromatic heterocycles. The number of fused-ring (bicyclic) bond motifs is 1. The summed E-state index contributed by atoms with van der Waals surface area (Å²) in [5, 5.41) is 2.95. The minimum absolute atomic E-state index is 0.131. The van der Waals surface area contributed by atoms with Crippen molar-refractivity contribution in [3.8, 4) is 0 Å². The largest absolute Gasteiger partial charge is 0.369 e. The molecule has 0 saturated carbocycles. The Morgan fingerprint density at radius 1 is 1.71 bits per heavy atom. The van der Waals surface area contributed by atoms with Crippen LogP contribution in [-0.2, 0) is 0 Å². The lowest BCUT2D eigenvalue weighted by atomic mass is 10.4. The Labute approximate surface area is 80.4 Å². The van der Waals surface area contributed by atoms with Crippen LogP contribution in [0.2, 0.25) is 0 Å². The van der Waals surface area contributed by atoms with Crippen LogP contribution in [0.3, 0.4) is 0 Å². The summed E-state index contributed by atoms with van der Waals surface area (Å²) in [4.78, 5) is 19.8. The van der Waals surface area contributed by atoms with E-state index in [0.29, 0.717) is 24.7 Å². The molecule has 0 atom stereocenters. The third kappa shape index (κ3) is 1.20. The summed E-state index contributed by atoms with van der Waals surface area (Å²) in [5.41, 5.74) is 5.68. The van der Waals surface area contributed by atoms with Crippen LogP contribution < -0.4 is 21.5 Å². The maximum Gasteiger partial charge on any atom is 0.277 e. The zero-order chi connectivity index (χ0) is 10.1. The molecule has 6 heteroatoms. The first kappa shape index (κ1) is 8.61. The van der Waals surface area contributed by atoms with Crippen LogP contribution in [0.4, 0.5) is 17.5 Å². The van der Waals surface area contributed by atoms with Gasteiger partial charge in [-0.25, -0.2) is 0 Å². The topological polar surface area (TPSA) is 87.0 Å². The molecular weight excluding hydrogens is 182 g/mol. The number of aromatic amines is 1. The lowest BCUT2D eigenvalue weighted by molar-refractivity contribution is 0.937. The summed E-state index contributed by atoms with van der Waals surface area (Å²) >= 11 is 0. The quantitative estimate of drug-likeness (QED) is 0.563. The molecule has 1 aliphatic heterocycles. The van der Waals surface area contributed by atoms with Crippen LogP contribution in [0.1, 0.15) is 0 Å². The monoisotopic (exact) mass is 193 g/mol. The van der Waals surface area contributed by atoms with Gasteiger partial charge in [-0.2, -0.15) is 4.98 Å². The standard InChI is InChI=1S/C8H11N5O/c1-2-3-13-4-10-5-6(13)11-8(9)12-7(5)14/h2,10H,1,3-4H2,(H3,9,11,12,14). The van der Waals surface area contributed by atoms with E-state index in [1.54, 1.807) is 6.08 Å². The lowest BCUT2D eigenvalue weighted by Crippen LogP contribution is -2.23. The van der Waals surface area contributed by atoms with Gasteiger partial charge in [0, 0.05) is 6.54 Å². The third-order valence-corrected chi connectivity index (χ3v) is 2.01. The minimum atomic E-state index is -0.237. The minimum Gasteiger partial charge on any atom is -0.369 e. The predicted molar refractivity (Wildman–Crippen MR) is 55.3 cm³/mol. The summed E-state index contributed by atoms with van der Waals surface area (Å²) < 4.78 is 0. The van der Waals surface area contributed by atoms with E-state index < -0.39 is 0 Å². The van der Waals surface area contributed by atoms with E-state index in [0.717, 1.165) is 0 Å². The van der Waals surface area contributed by atoms with Crippen LogP contribution in [-0.4, -0.2) is 23.2 Å². The highest BCUT2D eigenvalue weighted by Crippen LogP contribution is 2.24. The maximum absolute atomic E-state index is 11.4. The third-order valence-electron chi connectivity index (χ3n) is 2.01. The van der Waals surface area contributed by atoms with E-state index >= 15 is 0 Å². The Bertz CT molecular complexity index is 424. The van der Waals surface area contributed by atoms with Gasteiger partial charge < -0.3 is 16.0 Å². The molecule has 1 aliphatic rings. The molecule has 0 bridgehead atoms. The van der Waals surface area contributed by atoms with Crippen LogP contribution in [0.15, 0.2) is 17.4 Å². The smallest absolute Gasteiger partial charge is 0.277 e. The number of anilines is 3. The number of hydrogen-bond donors (Lipinski definition) is 3. The molecule has 2 heterocycles. The van der Waals surface area contributed by atoms with Gasteiger partial charge in [-0.15, -0.1) is 6.58 Å². The van der Waals surface area contributed by atoms with Gasteiger partial charge in [0.2, 0.25) is 5.95 Å². The molecule has 14 heavy (non-hydrogen) atoms. The van der Waals surface area contributed by atoms with Crippen molar-refractivity contribution in [3.05, 3.63) is 23.0 Å². The molecule has 74 valence electrons. The summed E-state index contributed by atoms with van der Waals surface area (Å²) in [6.45, 7) is 4.82. The Morgan fingerprint density at radius 3 is 3.21 bits per heavy atom. The highest BCUT2D eigenvalue weighted by Gasteiger charge is 2.22. The first-order valence-corrected chi connectivity index (χ1v) is 4.22. The van der Waals surface area contributed by atoms with E-state index in [4.69, 9.17) is 5.73 Å². The zero-order valence-electron chi connectivity index (χ0n) is 7.58. The van der Waals surface area contributed by atoms with Crippen molar-refractivity contribution in [3.63, 3.8) is 0 Å². The van der Waals surface area contributed by atoms with Gasteiger partial charge >= 0.3 is 0 Å². The van der Waals surface area contributed by atoms with Gasteiger partial charge in [-0.3, -0.25) is 9.78 Å². The Balaban J connectivity index is 2.48. The first-order valence-electron chi connectivity index (χ1n) is 4.22. The molecule has 0 amide bonds. The fraction of sp³-hybridized carbons (Fsp3) is 0.250. The molecular formula is C8H11N5O. The van der Waals surface area contributed by atoms with Crippen molar-refractivity contribution in [2.24, 2.45) is 0 Å². The van der Waals surface area contributed by atoms with Gasteiger partial charge in [-0.1, -0.05) is 6.08 Å². The van der Waals surface area contributed by atoms with Gasteiger partial charge in [0.1, 0.15) is 5.69 Å². The van der Waals surface area contributed by atoms with Gasteiger partial charge in [0.05, 0.1) is 6.67 Å². The van der Waals surface area contributed by atoms with Crippen LogP contribution in [0.25, 0.3) is 0 Å². The lowest BCUT2D eigenvalue weighted by Gasteiger charge is -2.13. The molecule has 2 rings (SSSR count). The molecule has 0 spiro atoms. The average molecular weight is 193 g/mol. The van der Waals surface area contributed by atoms with Crippen molar-refractivity contribution in [2.75, 3.05) is 29.2 Å². The van der Waals surface area contributed by atoms with Crippen LogP contribution >= 0.6 is 0 Å². The fourth-order valence-corrected chi connectivity index (χ4v) is 1.42. The normalized spacial score (nSPS) is 13.6. The molecule has 4 N–H and O–H groups in total. The van der Waals surface area contributed by atoms with Crippen molar-refractivity contribution >= 4 is 17.5 Å². The molecule has 0 radical (unpaired) electrons. The molecule has 0 fully saturated rings. The molecule has 0 aromatic carbocycles. The Morgan fingerprint density at radius 2 is 2.50 bits per heavy atom. The van der Waals surface area contributed by atoms with E-state index in [1.807, 2.05) is 4.90 Å². The number of nitrogens with one attached hydrogen (secondary N) is 2. The molecule has 6 nitrogen and oxygen atoms in total. The number of nitrogens with two attached hydrogens (primary N) is 1. The summed E-state index contributed by atoms with van der Waals surface area (Å²) in [7, 11) is 0. The number of aromatic nitrogens is 2. The van der Waals surface area contributed by atoms with Gasteiger partial charge in [0.15, 0.2) is 5.82 Å². The highest BCUT2D eigenvalue weighted by molar-refractivity contribution is 5.70. The van der Waals surface area contributed by atoms with Crippen molar-refractivity contribution in [1.29, 1.82) is 0 Å². The second-order valence-corrected chi connectivity index (χ2v) is 3.00. The number of rotatable bonds is 2. The van der Waals surface area contributed by atoms with E-state index in [-0.39, 0.29) is 11.5 Å². The number of nitrogen functional groups attached to an aromatic ring is 1. The molecule has 0 unspecified atom stereocenters. The van der Waals surface area contributed by atoms with Gasteiger partial charge in [0.25, 0.3) is 5.56 Å². The Hall–Kier alpha value is -1.98.